The second-order valence-corrected chi connectivity index (χ2v) is 5.85. The van der Waals surface area contributed by atoms with Crippen LogP contribution in [0.4, 0.5) is 0 Å². The van der Waals surface area contributed by atoms with E-state index in [9.17, 15) is 5.11 Å². The summed E-state index contributed by atoms with van der Waals surface area (Å²) < 4.78 is 0. The number of hydrogen-bond acceptors (Lipinski definition) is 1. The highest BCUT2D eigenvalue weighted by Gasteiger charge is 2.28. The van der Waals surface area contributed by atoms with Gasteiger partial charge in [0.2, 0.25) is 0 Å². The molecule has 94 valence electrons. The summed E-state index contributed by atoms with van der Waals surface area (Å²) in [5.41, 5.74) is 0. The van der Waals surface area contributed by atoms with Crippen LogP contribution in [0.15, 0.2) is 0 Å². The first-order chi connectivity index (χ1) is 7.90. The van der Waals surface area contributed by atoms with Gasteiger partial charge in [-0.25, -0.2) is 0 Å². The van der Waals surface area contributed by atoms with Gasteiger partial charge in [0, 0.05) is 5.92 Å². The molecule has 0 aromatic heterocycles. The number of hydrogen-bond donors (Lipinski definition) is 2. The molecule has 0 aromatic carbocycles. The van der Waals surface area contributed by atoms with Crippen molar-refractivity contribution in [2.75, 3.05) is 19.7 Å². The van der Waals surface area contributed by atoms with E-state index < -0.39 is 0 Å². The Kier molecular flexibility index (Phi) is 5.11. The predicted octanol–water partition coefficient (Wildman–Crippen LogP) is 1.39. The molecule has 1 aliphatic heterocycles. The van der Waals surface area contributed by atoms with Crippen molar-refractivity contribution in [1.29, 1.82) is 0 Å². The molecular weight excluding hydrogens is 198 g/mol. The highest BCUT2D eigenvalue weighted by molar-refractivity contribution is 4.66. The lowest BCUT2D eigenvalue weighted by Crippen LogP contribution is -3.17. The normalized spacial score (nSPS) is 34.3. The van der Waals surface area contributed by atoms with Gasteiger partial charge in [-0.3, -0.25) is 0 Å². The van der Waals surface area contributed by atoms with E-state index in [0.29, 0.717) is 12.5 Å². The van der Waals surface area contributed by atoms with E-state index >= 15 is 0 Å². The van der Waals surface area contributed by atoms with E-state index in [1.807, 2.05) is 4.90 Å². The molecule has 1 saturated carbocycles. The van der Waals surface area contributed by atoms with E-state index in [1.165, 1.54) is 70.9 Å². The molecule has 2 nitrogen and oxygen atoms in total. The molecule has 2 aliphatic rings. The second kappa shape index (κ2) is 6.61. The summed E-state index contributed by atoms with van der Waals surface area (Å²) in [5, 5.41) is 9.29. The van der Waals surface area contributed by atoms with Crippen LogP contribution in [0.5, 0.6) is 0 Å². The van der Waals surface area contributed by atoms with Gasteiger partial charge in [0.1, 0.15) is 0 Å². The summed E-state index contributed by atoms with van der Waals surface area (Å²) in [5.74, 6) is 0.592. The first-order valence-electron chi connectivity index (χ1n) is 7.35. The van der Waals surface area contributed by atoms with E-state index in [-0.39, 0.29) is 0 Å². The zero-order valence-electron chi connectivity index (χ0n) is 10.6. The first-order valence-corrected chi connectivity index (χ1v) is 7.35. The summed E-state index contributed by atoms with van der Waals surface area (Å²) in [4.78, 5) is 1.81. The van der Waals surface area contributed by atoms with E-state index in [0.717, 1.165) is 6.04 Å². The molecule has 0 bridgehead atoms. The van der Waals surface area contributed by atoms with Crippen molar-refractivity contribution in [3.8, 4) is 0 Å². The van der Waals surface area contributed by atoms with Gasteiger partial charge in [-0.2, -0.15) is 0 Å². The lowest BCUT2D eigenvalue weighted by atomic mass is 9.91. The van der Waals surface area contributed by atoms with Crippen molar-refractivity contribution in [1.82, 2.24) is 0 Å². The molecule has 0 spiro atoms. The first kappa shape index (κ1) is 12.4. The van der Waals surface area contributed by atoms with Crippen LogP contribution in [0.1, 0.15) is 57.8 Å². The Labute approximate surface area is 100 Å². The van der Waals surface area contributed by atoms with E-state index in [2.05, 4.69) is 0 Å². The van der Waals surface area contributed by atoms with Crippen LogP contribution in [0.25, 0.3) is 0 Å². The lowest BCUT2D eigenvalue weighted by Gasteiger charge is -2.35. The van der Waals surface area contributed by atoms with E-state index in [4.69, 9.17) is 0 Å². The number of likely N-dealkylation sites (tertiary alicyclic amines) is 1. The Morgan fingerprint density at radius 3 is 2.25 bits per heavy atom. The van der Waals surface area contributed by atoms with Crippen molar-refractivity contribution < 1.29 is 10.0 Å². The molecule has 2 fully saturated rings. The minimum absolute atomic E-state index is 0.413. The highest BCUT2D eigenvalue weighted by Crippen LogP contribution is 2.17. The predicted molar refractivity (Wildman–Crippen MR) is 66.6 cm³/mol. The van der Waals surface area contributed by atoms with Crippen molar-refractivity contribution >= 4 is 0 Å². The number of aliphatic hydroxyl groups excluding tert-OH is 1. The molecule has 0 amide bonds. The summed E-state index contributed by atoms with van der Waals surface area (Å²) in [7, 11) is 0. The minimum atomic E-state index is 0.413. The average Bonchev–Trinajstić information content (AvgIpc) is 2.29. The van der Waals surface area contributed by atoms with Crippen LogP contribution >= 0.6 is 0 Å². The SMILES string of the molecule is OC[C@H]1CCC[NH+](C2CCCCCCC2)C1. The average molecular weight is 226 g/mol. The molecule has 2 rings (SSSR count). The van der Waals surface area contributed by atoms with Gasteiger partial charge in [0.05, 0.1) is 25.7 Å². The molecular formula is C14H28NO+. The number of quaternary nitrogens is 1. The third-order valence-electron chi connectivity index (χ3n) is 4.60. The van der Waals surface area contributed by atoms with Crippen molar-refractivity contribution in [3.63, 3.8) is 0 Å². The number of rotatable bonds is 2. The summed E-state index contributed by atoms with van der Waals surface area (Å²) in [6.07, 6.45) is 12.7. The molecule has 16 heavy (non-hydrogen) atoms. The van der Waals surface area contributed by atoms with Gasteiger partial charge in [-0.15, -0.1) is 0 Å². The van der Waals surface area contributed by atoms with Crippen molar-refractivity contribution in [3.05, 3.63) is 0 Å². The molecule has 1 unspecified atom stereocenters. The largest absolute Gasteiger partial charge is 0.396 e. The number of aliphatic hydroxyl groups is 1. The van der Waals surface area contributed by atoms with Crippen LogP contribution in [0.3, 0.4) is 0 Å². The minimum Gasteiger partial charge on any atom is -0.396 e. The molecule has 0 aromatic rings. The second-order valence-electron chi connectivity index (χ2n) is 5.85. The van der Waals surface area contributed by atoms with Crippen LogP contribution in [0, 0.1) is 5.92 Å². The van der Waals surface area contributed by atoms with Gasteiger partial charge < -0.3 is 10.0 Å². The standard InChI is InChI=1S/C14H27NO/c16-12-13-7-6-10-15(11-13)14-8-4-2-1-3-5-9-14/h13-14,16H,1-12H2/p+1/t13-/m0/s1. The molecule has 1 saturated heterocycles. The summed E-state index contributed by atoms with van der Waals surface area (Å²) in [6, 6.07) is 0.912. The number of piperidine rings is 1. The van der Waals surface area contributed by atoms with Gasteiger partial charge in [-0.1, -0.05) is 19.3 Å². The fraction of sp³-hybridized carbons (Fsp3) is 1.00. The fourth-order valence-corrected chi connectivity index (χ4v) is 3.58. The van der Waals surface area contributed by atoms with Gasteiger partial charge in [0.15, 0.2) is 0 Å². The third-order valence-corrected chi connectivity index (χ3v) is 4.60. The fourth-order valence-electron chi connectivity index (χ4n) is 3.58. The maximum Gasteiger partial charge on any atom is 0.0874 e. The van der Waals surface area contributed by atoms with Crippen LogP contribution in [0.2, 0.25) is 0 Å². The Balaban J connectivity index is 1.83. The van der Waals surface area contributed by atoms with Crippen LogP contribution in [-0.4, -0.2) is 30.8 Å². The van der Waals surface area contributed by atoms with Crippen molar-refractivity contribution in [2.24, 2.45) is 5.92 Å². The maximum atomic E-state index is 9.29. The van der Waals surface area contributed by atoms with Gasteiger partial charge in [0.25, 0.3) is 0 Å². The van der Waals surface area contributed by atoms with E-state index in [1.54, 1.807) is 0 Å². The van der Waals surface area contributed by atoms with Crippen LogP contribution in [-0.2, 0) is 0 Å². The smallest absolute Gasteiger partial charge is 0.0874 e. The Hall–Kier alpha value is -0.0800. The van der Waals surface area contributed by atoms with Crippen molar-refractivity contribution in [2.45, 2.75) is 63.8 Å². The Bertz CT molecular complexity index is 187. The van der Waals surface area contributed by atoms with Crippen LogP contribution < -0.4 is 4.90 Å². The molecule has 2 atom stereocenters. The van der Waals surface area contributed by atoms with Gasteiger partial charge >= 0.3 is 0 Å². The highest BCUT2D eigenvalue weighted by atomic mass is 16.3. The Morgan fingerprint density at radius 2 is 1.56 bits per heavy atom. The Morgan fingerprint density at radius 1 is 0.875 bits per heavy atom. The third kappa shape index (κ3) is 3.46. The maximum absolute atomic E-state index is 9.29. The molecule has 1 heterocycles. The molecule has 0 radical (unpaired) electrons. The zero-order valence-corrected chi connectivity index (χ0v) is 10.6. The lowest BCUT2D eigenvalue weighted by molar-refractivity contribution is -0.934. The number of nitrogens with one attached hydrogen (secondary N) is 1. The quantitative estimate of drug-likeness (QED) is 0.731. The van der Waals surface area contributed by atoms with Gasteiger partial charge in [-0.05, 0) is 38.5 Å². The zero-order chi connectivity index (χ0) is 11.2. The monoisotopic (exact) mass is 226 g/mol. The molecule has 2 N–H and O–H groups in total. The summed E-state index contributed by atoms with van der Waals surface area (Å²) >= 11 is 0. The summed E-state index contributed by atoms with van der Waals surface area (Å²) in [6.45, 7) is 3.01. The molecule has 1 aliphatic carbocycles. The molecule has 2 heteroatoms. The topological polar surface area (TPSA) is 24.7 Å².